The molecule has 0 aliphatic carbocycles. The fourth-order valence-corrected chi connectivity index (χ4v) is 2.07. The number of amides is 2. The molecule has 0 bridgehead atoms. The van der Waals surface area contributed by atoms with Gasteiger partial charge in [0.1, 0.15) is 0 Å². The number of nitrogens with zero attached hydrogens (tertiary/aromatic N) is 1. The average Bonchev–Trinajstić information content (AvgIpc) is 2.47. The number of carbonyl (C=O) groups is 2. The van der Waals surface area contributed by atoms with Gasteiger partial charge in [-0.15, -0.1) is 0 Å². The first-order valence-electron chi connectivity index (χ1n) is 6.87. The molecule has 0 saturated heterocycles. The zero-order valence-corrected chi connectivity index (χ0v) is 13.6. The summed E-state index contributed by atoms with van der Waals surface area (Å²) >= 11 is 3.09. The third-order valence-electron chi connectivity index (χ3n) is 2.81. The van der Waals surface area contributed by atoms with E-state index in [4.69, 9.17) is 0 Å². The summed E-state index contributed by atoms with van der Waals surface area (Å²) in [7, 11) is 0. The minimum atomic E-state index is -0.109. The van der Waals surface area contributed by atoms with Crippen LogP contribution in [0.4, 0.5) is 5.69 Å². The topological polar surface area (TPSA) is 49.4 Å². The van der Waals surface area contributed by atoms with Crippen molar-refractivity contribution in [3.05, 3.63) is 29.8 Å². The lowest BCUT2D eigenvalue weighted by Gasteiger charge is -2.21. The van der Waals surface area contributed by atoms with Gasteiger partial charge in [-0.1, -0.05) is 29.8 Å². The van der Waals surface area contributed by atoms with E-state index in [0.29, 0.717) is 11.3 Å². The minimum Gasteiger partial charge on any atom is -0.339 e. The lowest BCUT2D eigenvalue weighted by atomic mass is 10.1. The fraction of sp³-hybridized carbons (Fsp3) is 0.467. The van der Waals surface area contributed by atoms with Crippen molar-refractivity contribution >= 4 is 33.4 Å². The van der Waals surface area contributed by atoms with Crippen LogP contribution in [0, 0.1) is 0 Å². The average molecular weight is 341 g/mol. The Morgan fingerprint density at radius 1 is 1.10 bits per heavy atom. The van der Waals surface area contributed by atoms with E-state index in [2.05, 4.69) is 35.1 Å². The van der Waals surface area contributed by atoms with Crippen molar-refractivity contribution in [2.24, 2.45) is 0 Å². The highest BCUT2D eigenvalue weighted by molar-refractivity contribution is 9.09. The van der Waals surface area contributed by atoms with Crippen molar-refractivity contribution in [1.82, 2.24) is 4.90 Å². The third kappa shape index (κ3) is 4.96. The molecule has 110 valence electrons. The van der Waals surface area contributed by atoms with Gasteiger partial charge in [0.25, 0.3) is 5.91 Å². The van der Waals surface area contributed by atoms with E-state index in [0.717, 1.165) is 25.9 Å². The zero-order chi connectivity index (χ0) is 15.0. The second kappa shape index (κ2) is 8.74. The standard InChI is InChI=1S/C15H21BrN2O2/c1-3-9-18(10-4-2)15(20)12-5-7-13(8-6-12)17-14(19)11-16/h5-8H,3-4,9-11H2,1-2H3,(H,17,19). The molecule has 20 heavy (non-hydrogen) atoms. The molecule has 1 N–H and O–H groups in total. The van der Waals surface area contributed by atoms with Crippen molar-refractivity contribution in [2.45, 2.75) is 26.7 Å². The number of hydrogen-bond acceptors (Lipinski definition) is 2. The van der Waals surface area contributed by atoms with Gasteiger partial charge in [0, 0.05) is 24.3 Å². The summed E-state index contributed by atoms with van der Waals surface area (Å²) in [6.07, 6.45) is 1.90. The smallest absolute Gasteiger partial charge is 0.253 e. The summed E-state index contributed by atoms with van der Waals surface area (Å²) in [4.78, 5) is 25.5. The monoisotopic (exact) mass is 340 g/mol. The molecule has 0 heterocycles. The number of rotatable bonds is 7. The SMILES string of the molecule is CCCN(CCC)C(=O)c1ccc(NC(=O)CBr)cc1. The second-order valence-corrected chi connectivity index (χ2v) is 5.11. The summed E-state index contributed by atoms with van der Waals surface area (Å²) in [5, 5.41) is 2.98. The third-order valence-corrected chi connectivity index (χ3v) is 3.32. The quantitative estimate of drug-likeness (QED) is 0.774. The Bertz CT molecular complexity index is 440. The lowest BCUT2D eigenvalue weighted by molar-refractivity contribution is -0.113. The predicted octanol–water partition coefficient (Wildman–Crippen LogP) is 3.28. The molecular weight excluding hydrogens is 320 g/mol. The van der Waals surface area contributed by atoms with Crippen molar-refractivity contribution in [3.63, 3.8) is 0 Å². The molecule has 0 fully saturated rings. The molecule has 0 aliphatic rings. The molecule has 1 aromatic rings. The summed E-state index contributed by atoms with van der Waals surface area (Å²) in [5.74, 6) is -0.0604. The van der Waals surface area contributed by atoms with Gasteiger partial charge in [-0.2, -0.15) is 0 Å². The van der Waals surface area contributed by atoms with Crippen LogP contribution in [0.25, 0.3) is 0 Å². The number of alkyl halides is 1. The number of hydrogen-bond donors (Lipinski definition) is 1. The molecule has 0 saturated carbocycles. The maximum absolute atomic E-state index is 12.3. The summed E-state index contributed by atoms with van der Waals surface area (Å²) in [5.41, 5.74) is 1.35. The molecule has 5 heteroatoms. The number of halogens is 1. The largest absolute Gasteiger partial charge is 0.339 e. The van der Waals surface area contributed by atoms with Crippen molar-refractivity contribution in [3.8, 4) is 0 Å². The Morgan fingerprint density at radius 2 is 1.65 bits per heavy atom. The van der Waals surface area contributed by atoms with Crippen LogP contribution in [0.15, 0.2) is 24.3 Å². The molecule has 4 nitrogen and oxygen atoms in total. The highest BCUT2D eigenvalue weighted by atomic mass is 79.9. The van der Waals surface area contributed by atoms with Crippen LogP contribution in [-0.2, 0) is 4.79 Å². The van der Waals surface area contributed by atoms with E-state index in [1.807, 2.05) is 4.90 Å². The molecule has 1 rings (SSSR count). The Kier molecular flexibility index (Phi) is 7.30. The van der Waals surface area contributed by atoms with Crippen LogP contribution in [0.1, 0.15) is 37.0 Å². The van der Waals surface area contributed by atoms with Crippen molar-refractivity contribution in [2.75, 3.05) is 23.7 Å². The van der Waals surface area contributed by atoms with Gasteiger partial charge < -0.3 is 10.2 Å². The van der Waals surface area contributed by atoms with Crippen LogP contribution in [0.2, 0.25) is 0 Å². The van der Waals surface area contributed by atoms with Crippen molar-refractivity contribution < 1.29 is 9.59 Å². The first kappa shape index (κ1) is 16.7. The molecule has 1 aromatic carbocycles. The minimum absolute atomic E-state index is 0.0482. The Labute approximate surface area is 128 Å². The first-order valence-corrected chi connectivity index (χ1v) is 7.99. The van der Waals surface area contributed by atoms with Gasteiger partial charge in [0.15, 0.2) is 0 Å². The van der Waals surface area contributed by atoms with Crippen LogP contribution in [0.5, 0.6) is 0 Å². The van der Waals surface area contributed by atoms with Gasteiger partial charge in [-0.25, -0.2) is 0 Å². The second-order valence-electron chi connectivity index (χ2n) is 4.55. The van der Waals surface area contributed by atoms with E-state index in [1.165, 1.54) is 0 Å². The Balaban J connectivity index is 2.75. The van der Waals surface area contributed by atoms with E-state index < -0.39 is 0 Å². The first-order chi connectivity index (χ1) is 9.62. The van der Waals surface area contributed by atoms with E-state index in [9.17, 15) is 9.59 Å². The van der Waals surface area contributed by atoms with Crippen molar-refractivity contribution in [1.29, 1.82) is 0 Å². The van der Waals surface area contributed by atoms with Gasteiger partial charge in [0.2, 0.25) is 5.91 Å². The van der Waals surface area contributed by atoms with Crippen LogP contribution >= 0.6 is 15.9 Å². The molecule has 0 unspecified atom stereocenters. The Hall–Kier alpha value is -1.36. The number of nitrogens with one attached hydrogen (secondary N) is 1. The Morgan fingerprint density at radius 3 is 2.10 bits per heavy atom. The van der Waals surface area contributed by atoms with E-state index >= 15 is 0 Å². The summed E-state index contributed by atoms with van der Waals surface area (Å²) in [6.45, 7) is 5.67. The molecule has 0 aromatic heterocycles. The number of benzene rings is 1. The number of carbonyl (C=O) groups excluding carboxylic acids is 2. The molecule has 2 amide bonds. The predicted molar refractivity (Wildman–Crippen MR) is 85.4 cm³/mol. The highest BCUT2D eigenvalue weighted by Crippen LogP contribution is 2.12. The van der Waals surface area contributed by atoms with Crippen LogP contribution in [0.3, 0.4) is 0 Å². The normalized spacial score (nSPS) is 10.2. The number of anilines is 1. The molecule has 0 aliphatic heterocycles. The fourth-order valence-electron chi connectivity index (χ4n) is 1.93. The maximum atomic E-state index is 12.3. The van der Waals surface area contributed by atoms with E-state index in [-0.39, 0.29) is 17.1 Å². The van der Waals surface area contributed by atoms with Crippen LogP contribution < -0.4 is 5.32 Å². The van der Waals surface area contributed by atoms with Crippen LogP contribution in [-0.4, -0.2) is 35.1 Å². The van der Waals surface area contributed by atoms with Gasteiger partial charge in [-0.05, 0) is 37.1 Å². The molecular formula is C15H21BrN2O2. The zero-order valence-electron chi connectivity index (χ0n) is 12.0. The van der Waals surface area contributed by atoms with Gasteiger partial charge in [-0.3, -0.25) is 9.59 Å². The summed E-state index contributed by atoms with van der Waals surface area (Å²) < 4.78 is 0. The van der Waals surface area contributed by atoms with Gasteiger partial charge in [0.05, 0.1) is 5.33 Å². The molecule has 0 spiro atoms. The highest BCUT2D eigenvalue weighted by Gasteiger charge is 2.14. The molecule has 0 atom stereocenters. The maximum Gasteiger partial charge on any atom is 0.253 e. The summed E-state index contributed by atoms with van der Waals surface area (Å²) in [6, 6.07) is 7.02. The van der Waals surface area contributed by atoms with E-state index in [1.54, 1.807) is 24.3 Å². The lowest BCUT2D eigenvalue weighted by Crippen LogP contribution is -2.32. The van der Waals surface area contributed by atoms with Gasteiger partial charge >= 0.3 is 0 Å². The molecule has 0 radical (unpaired) electrons.